The predicted octanol–water partition coefficient (Wildman–Crippen LogP) is 5.14. The van der Waals surface area contributed by atoms with Crippen LogP contribution in [0.1, 0.15) is 30.3 Å². The third-order valence-electron chi connectivity index (χ3n) is 2.77. The van der Waals surface area contributed by atoms with Gasteiger partial charge >= 0.3 is 0 Å². The van der Waals surface area contributed by atoms with Crippen LogP contribution in [0, 0.1) is 0 Å². The summed E-state index contributed by atoms with van der Waals surface area (Å²) >= 11 is 7.56. The van der Waals surface area contributed by atoms with Gasteiger partial charge in [-0.3, -0.25) is 0 Å². The molecule has 2 aromatic rings. The number of nitrogens with one attached hydrogen (secondary N) is 1. The molecule has 1 nitrogen and oxygen atoms in total. The van der Waals surface area contributed by atoms with E-state index in [2.05, 4.69) is 49.5 Å². The smallest absolute Gasteiger partial charge is 0.0932 e. The highest BCUT2D eigenvalue weighted by molar-refractivity contribution is 7.16. The van der Waals surface area contributed by atoms with Crippen molar-refractivity contribution in [2.75, 3.05) is 5.32 Å². The molecule has 0 saturated carbocycles. The van der Waals surface area contributed by atoms with Crippen molar-refractivity contribution >= 4 is 28.6 Å². The van der Waals surface area contributed by atoms with Crippen molar-refractivity contribution in [3.05, 3.63) is 51.2 Å². The molecule has 1 N–H and O–H groups in total. The topological polar surface area (TPSA) is 12.0 Å². The van der Waals surface area contributed by atoms with Crippen molar-refractivity contribution < 1.29 is 0 Å². The number of aryl methyl sites for hydroxylation is 1. The Hall–Kier alpha value is -0.990. The molecule has 1 aromatic carbocycles. The van der Waals surface area contributed by atoms with Crippen LogP contribution >= 0.6 is 22.9 Å². The van der Waals surface area contributed by atoms with Crippen LogP contribution in [-0.2, 0) is 6.42 Å². The number of anilines is 1. The van der Waals surface area contributed by atoms with Gasteiger partial charge in [0.05, 0.1) is 10.4 Å². The quantitative estimate of drug-likeness (QED) is 0.807. The number of halogens is 1. The molecule has 1 atom stereocenters. The second-order valence-electron chi connectivity index (χ2n) is 4.06. The Labute approximate surface area is 111 Å². The van der Waals surface area contributed by atoms with Crippen molar-refractivity contribution in [3.8, 4) is 0 Å². The lowest BCUT2D eigenvalue weighted by atomic mass is 10.1. The van der Waals surface area contributed by atoms with Crippen LogP contribution in [0.4, 0.5) is 5.69 Å². The van der Waals surface area contributed by atoms with Crippen molar-refractivity contribution in [3.63, 3.8) is 0 Å². The molecule has 0 amide bonds. The normalized spacial score (nSPS) is 12.4. The lowest BCUT2D eigenvalue weighted by Crippen LogP contribution is -2.04. The minimum Gasteiger partial charge on any atom is -0.378 e. The Bertz CT molecular complexity index is 475. The van der Waals surface area contributed by atoms with Gasteiger partial charge in [0.15, 0.2) is 0 Å². The predicted molar refractivity (Wildman–Crippen MR) is 77.2 cm³/mol. The van der Waals surface area contributed by atoms with Gasteiger partial charge in [-0.15, -0.1) is 11.3 Å². The Morgan fingerprint density at radius 1 is 1.18 bits per heavy atom. The molecule has 1 unspecified atom stereocenters. The zero-order chi connectivity index (χ0) is 12.3. The maximum Gasteiger partial charge on any atom is 0.0932 e. The van der Waals surface area contributed by atoms with Crippen LogP contribution in [0.15, 0.2) is 36.4 Å². The maximum atomic E-state index is 5.94. The third-order valence-corrected chi connectivity index (χ3v) is 4.18. The van der Waals surface area contributed by atoms with Crippen molar-refractivity contribution in [2.24, 2.45) is 0 Å². The Morgan fingerprint density at radius 2 is 1.88 bits per heavy atom. The van der Waals surface area contributed by atoms with E-state index in [-0.39, 0.29) is 0 Å². The first-order valence-electron chi connectivity index (χ1n) is 5.79. The fourth-order valence-electron chi connectivity index (χ4n) is 1.72. The molecule has 3 heteroatoms. The summed E-state index contributed by atoms with van der Waals surface area (Å²) in [6, 6.07) is 12.9. The van der Waals surface area contributed by atoms with Gasteiger partial charge in [0.2, 0.25) is 0 Å². The molecule has 17 heavy (non-hydrogen) atoms. The van der Waals surface area contributed by atoms with Gasteiger partial charge in [-0.05, 0) is 43.2 Å². The van der Waals surface area contributed by atoms with E-state index in [1.165, 1.54) is 10.4 Å². The summed E-state index contributed by atoms with van der Waals surface area (Å²) in [6.07, 6.45) is 1.08. The number of rotatable bonds is 4. The monoisotopic (exact) mass is 265 g/mol. The van der Waals surface area contributed by atoms with Gasteiger partial charge in [0.25, 0.3) is 0 Å². The Kier molecular flexibility index (Phi) is 4.08. The minimum absolute atomic E-state index is 0.292. The first-order valence-corrected chi connectivity index (χ1v) is 6.99. The number of benzene rings is 1. The molecular weight excluding hydrogens is 250 g/mol. The van der Waals surface area contributed by atoms with Crippen LogP contribution in [0.25, 0.3) is 0 Å². The zero-order valence-electron chi connectivity index (χ0n) is 10.0. The molecule has 2 rings (SSSR count). The average molecular weight is 266 g/mol. The highest BCUT2D eigenvalue weighted by Crippen LogP contribution is 2.28. The average Bonchev–Trinajstić information content (AvgIpc) is 2.77. The van der Waals surface area contributed by atoms with Crippen LogP contribution in [0.5, 0.6) is 0 Å². The largest absolute Gasteiger partial charge is 0.378 e. The second-order valence-corrected chi connectivity index (χ2v) is 5.81. The molecule has 90 valence electrons. The second kappa shape index (κ2) is 5.56. The van der Waals surface area contributed by atoms with E-state index in [1.54, 1.807) is 11.3 Å². The fraction of sp³-hybridized carbons (Fsp3) is 0.286. The molecule has 0 fully saturated rings. The van der Waals surface area contributed by atoms with E-state index in [0.717, 1.165) is 16.4 Å². The summed E-state index contributed by atoms with van der Waals surface area (Å²) < 4.78 is 0.843. The fourth-order valence-corrected chi connectivity index (χ4v) is 2.78. The summed E-state index contributed by atoms with van der Waals surface area (Å²) in [5.41, 5.74) is 2.52. The van der Waals surface area contributed by atoms with Crippen LogP contribution in [0.2, 0.25) is 4.34 Å². The molecule has 0 spiro atoms. The molecular formula is C14H16ClNS. The number of hydrogen-bond donors (Lipinski definition) is 1. The number of hydrogen-bond acceptors (Lipinski definition) is 2. The van der Waals surface area contributed by atoms with E-state index in [0.29, 0.717) is 6.04 Å². The first kappa shape index (κ1) is 12.5. The van der Waals surface area contributed by atoms with E-state index in [1.807, 2.05) is 6.07 Å². The van der Waals surface area contributed by atoms with Gasteiger partial charge < -0.3 is 5.32 Å². The summed E-state index contributed by atoms with van der Waals surface area (Å²) in [5.74, 6) is 0. The van der Waals surface area contributed by atoms with Crippen molar-refractivity contribution in [2.45, 2.75) is 26.3 Å². The molecule has 0 bridgehead atoms. The Balaban J connectivity index is 2.04. The molecule has 0 saturated heterocycles. The lowest BCUT2D eigenvalue weighted by molar-refractivity contribution is 0.908. The summed E-state index contributed by atoms with van der Waals surface area (Å²) in [7, 11) is 0. The van der Waals surface area contributed by atoms with E-state index in [4.69, 9.17) is 11.6 Å². The highest BCUT2D eigenvalue weighted by atomic mass is 35.5. The molecule has 0 aliphatic rings. The van der Waals surface area contributed by atoms with E-state index < -0.39 is 0 Å². The highest BCUT2D eigenvalue weighted by Gasteiger charge is 2.07. The van der Waals surface area contributed by atoms with E-state index in [9.17, 15) is 0 Å². The zero-order valence-corrected chi connectivity index (χ0v) is 11.6. The van der Waals surface area contributed by atoms with Gasteiger partial charge in [-0.25, -0.2) is 0 Å². The summed E-state index contributed by atoms with van der Waals surface area (Å²) in [6.45, 7) is 4.31. The molecule has 0 aliphatic carbocycles. The van der Waals surface area contributed by atoms with Gasteiger partial charge in [0, 0.05) is 10.6 Å². The van der Waals surface area contributed by atoms with E-state index >= 15 is 0 Å². The molecule has 1 aromatic heterocycles. The standard InChI is InChI=1S/C14H16ClNS/c1-3-11-4-6-12(7-5-11)16-10(2)13-8-9-14(15)17-13/h4-10,16H,3H2,1-2H3. The summed E-state index contributed by atoms with van der Waals surface area (Å²) in [4.78, 5) is 1.26. The minimum atomic E-state index is 0.292. The molecule has 0 aliphatic heterocycles. The maximum absolute atomic E-state index is 5.94. The Morgan fingerprint density at radius 3 is 2.41 bits per heavy atom. The number of thiophene rings is 1. The van der Waals surface area contributed by atoms with Gasteiger partial charge in [0.1, 0.15) is 0 Å². The van der Waals surface area contributed by atoms with Gasteiger partial charge in [-0.1, -0.05) is 30.7 Å². The molecule has 0 radical (unpaired) electrons. The van der Waals surface area contributed by atoms with Crippen LogP contribution in [-0.4, -0.2) is 0 Å². The first-order chi connectivity index (χ1) is 8.19. The third kappa shape index (κ3) is 3.24. The SMILES string of the molecule is CCc1ccc(NC(C)c2ccc(Cl)s2)cc1. The van der Waals surface area contributed by atoms with Gasteiger partial charge in [-0.2, -0.15) is 0 Å². The van der Waals surface area contributed by atoms with Crippen LogP contribution in [0.3, 0.4) is 0 Å². The van der Waals surface area contributed by atoms with Crippen molar-refractivity contribution in [1.29, 1.82) is 0 Å². The molecule has 1 heterocycles. The lowest BCUT2D eigenvalue weighted by Gasteiger charge is -2.13. The summed E-state index contributed by atoms with van der Waals surface area (Å²) in [5, 5.41) is 3.47. The van der Waals surface area contributed by atoms with Crippen molar-refractivity contribution in [1.82, 2.24) is 0 Å². The van der Waals surface area contributed by atoms with Crippen LogP contribution < -0.4 is 5.32 Å².